The Balaban J connectivity index is 1.46. The molecule has 2 bridgehead atoms. The number of morpholine rings is 1. The minimum Gasteiger partial charge on any atom is -0.371 e. The van der Waals surface area contributed by atoms with Crippen molar-refractivity contribution in [3.8, 4) is 11.4 Å². The molecule has 166 valence electrons. The highest BCUT2D eigenvalue weighted by Gasteiger charge is 2.38. The number of fused-ring (bicyclic) bond motifs is 3. The molecule has 0 radical (unpaired) electrons. The fraction of sp³-hybridized carbons (Fsp3) is 0.476. The quantitative estimate of drug-likeness (QED) is 0.569. The van der Waals surface area contributed by atoms with E-state index in [9.17, 15) is 13.9 Å². The lowest BCUT2D eigenvalue weighted by Gasteiger charge is -2.34. The molecule has 0 aliphatic carbocycles. The van der Waals surface area contributed by atoms with Gasteiger partial charge in [-0.25, -0.2) is 14.8 Å². The number of hydrogen-bond donors (Lipinski definition) is 4. The third-order valence-electron chi connectivity index (χ3n) is 5.90. The molecule has 0 saturated carbocycles. The van der Waals surface area contributed by atoms with Crippen molar-refractivity contribution in [2.75, 3.05) is 29.9 Å². The maximum atomic E-state index is 11.7. The molecule has 1 aromatic carbocycles. The van der Waals surface area contributed by atoms with E-state index >= 15 is 0 Å². The number of carbonyl (C=O) groups excluding carboxylic acids is 1. The van der Waals surface area contributed by atoms with Crippen LogP contribution in [0, 0.1) is 0 Å². The van der Waals surface area contributed by atoms with Crippen LogP contribution in [0.2, 0.25) is 0 Å². The van der Waals surface area contributed by atoms with Crippen LogP contribution >= 0.6 is 10.6 Å². The second-order valence-electron chi connectivity index (χ2n) is 8.31. The summed E-state index contributed by atoms with van der Waals surface area (Å²) in [7, 11) is -2.72. The average molecular weight is 446 g/mol. The molecule has 2 aromatic rings. The maximum Gasteiger partial charge on any atom is 0.319 e. The first kappa shape index (κ1) is 20.5. The molecule has 2 saturated heterocycles. The van der Waals surface area contributed by atoms with Crippen molar-refractivity contribution >= 4 is 28.1 Å². The normalized spacial score (nSPS) is 24.5. The first-order chi connectivity index (χ1) is 14.9. The van der Waals surface area contributed by atoms with Gasteiger partial charge in [0.1, 0.15) is 5.82 Å². The van der Waals surface area contributed by atoms with Crippen molar-refractivity contribution in [1.82, 2.24) is 15.3 Å². The summed E-state index contributed by atoms with van der Waals surface area (Å²) in [4.78, 5) is 23.5. The maximum absolute atomic E-state index is 11.7. The third-order valence-corrected chi connectivity index (χ3v) is 7.38. The molecule has 2 fully saturated rings. The summed E-state index contributed by atoms with van der Waals surface area (Å²) >= 11 is 0. The molecule has 2 atom stereocenters. The number of aromatic nitrogens is 2. The Kier molecular flexibility index (Phi) is 5.25. The van der Waals surface area contributed by atoms with Gasteiger partial charge in [0.25, 0.3) is 0 Å². The van der Waals surface area contributed by atoms with Crippen LogP contribution < -0.4 is 15.5 Å². The van der Waals surface area contributed by atoms with E-state index in [4.69, 9.17) is 9.72 Å². The lowest BCUT2D eigenvalue weighted by molar-refractivity contribution is 0.0302. The fourth-order valence-corrected chi connectivity index (χ4v) is 6.04. The summed E-state index contributed by atoms with van der Waals surface area (Å²) in [6, 6.07) is 7.09. The van der Waals surface area contributed by atoms with Gasteiger partial charge < -0.3 is 20.3 Å². The number of hydrogen-bond acceptors (Lipinski definition) is 7. The number of benzene rings is 1. The molecule has 0 spiro atoms. The monoisotopic (exact) mass is 445 g/mol. The van der Waals surface area contributed by atoms with Gasteiger partial charge in [-0.1, -0.05) is 0 Å². The molecule has 10 heteroatoms. The number of anilines is 2. The minimum absolute atomic E-state index is 0.166. The Labute approximate surface area is 182 Å². The second kappa shape index (κ2) is 7.94. The number of amides is 2. The van der Waals surface area contributed by atoms with Gasteiger partial charge in [0, 0.05) is 36.4 Å². The number of nitrogens with zero attached hydrogens (tertiary/aromatic N) is 3. The van der Waals surface area contributed by atoms with E-state index in [1.165, 1.54) is 0 Å². The fourth-order valence-electron chi connectivity index (χ4n) is 4.50. The third kappa shape index (κ3) is 4.20. The van der Waals surface area contributed by atoms with Crippen LogP contribution in [-0.2, 0) is 16.2 Å². The predicted molar refractivity (Wildman–Crippen MR) is 121 cm³/mol. The van der Waals surface area contributed by atoms with Gasteiger partial charge in [-0.15, -0.1) is 0 Å². The second-order valence-corrected chi connectivity index (χ2v) is 10.5. The highest BCUT2D eigenvalue weighted by Crippen LogP contribution is 2.54. The molecule has 5 rings (SSSR count). The molecule has 4 heterocycles. The number of urea groups is 1. The first-order valence-corrected chi connectivity index (χ1v) is 12.5. The van der Waals surface area contributed by atoms with Crippen LogP contribution in [0.4, 0.5) is 16.3 Å². The average Bonchev–Trinajstić information content (AvgIpc) is 3.23. The van der Waals surface area contributed by atoms with Crippen LogP contribution in [-0.4, -0.2) is 56.9 Å². The van der Waals surface area contributed by atoms with Crippen LogP contribution in [0.25, 0.3) is 11.4 Å². The van der Waals surface area contributed by atoms with Crippen molar-refractivity contribution in [1.29, 1.82) is 0 Å². The lowest BCUT2D eigenvalue weighted by Crippen LogP contribution is -2.43. The molecular formula is C21H27N5O4S. The first-order valence-electron chi connectivity index (χ1n) is 10.6. The van der Waals surface area contributed by atoms with Gasteiger partial charge in [0.15, 0.2) is 5.82 Å². The summed E-state index contributed by atoms with van der Waals surface area (Å²) in [5.41, 5.74) is 3.04. The zero-order valence-electron chi connectivity index (χ0n) is 17.4. The summed E-state index contributed by atoms with van der Waals surface area (Å²) in [6.45, 7) is 3.93. The molecular weight excluding hydrogens is 418 g/mol. The number of nitrogens with one attached hydrogen (secondary N) is 2. The summed E-state index contributed by atoms with van der Waals surface area (Å²) in [6.07, 6.45) is 2.51. The van der Waals surface area contributed by atoms with Gasteiger partial charge in [-0.05, 0) is 44.0 Å². The van der Waals surface area contributed by atoms with Crippen LogP contribution in [0.5, 0.6) is 0 Å². The van der Waals surface area contributed by atoms with E-state index in [-0.39, 0.29) is 29.7 Å². The van der Waals surface area contributed by atoms with Crippen LogP contribution in [0.1, 0.15) is 31.0 Å². The van der Waals surface area contributed by atoms with Gasteiger partial charge in [-0.2, -0.15) is 10.6 Å². The molecule has 31 heavy (non-hydrogen) atoms. The van der Waals surface area contributed by atoms with Gasteiger partial charge >= 0.3 is 6.03 Å². The van der Waals surface area contributed by atoms with Crippen molar-refractivity contribution in [2.45, 2.75) is 43.5 Å². The zero-order chi connectivity index (χ0) is 21.6. The highest BCUT2D eigenvalue weighted by molar-refractivity contribution is 8.23. The zero-order valence-corrected chi connectivity index (χ0v) is 18.2. The highest BCUT2D eigenvalue weighted by atomic mass is 32.3. The van der Waals surface area contributed by atoms with Crippen LogP contribution in [0.3, 0.4) is 0 Å². The number of carbonyl (C=O) groups is 1. The van der Waals surface area contributed by atoms with Crippen molar-refractivity contribution in [3.63, 3.8) is 0 Å². The topological polar surface area (TPSA) is 120 Å². The lowest BCUT2D eigenvalue weighted by atomic mass is 10.1. The molecule has 3 aliphatic heterocycles. The summed E-state index contributed by atoms with van der Waals surface area (Å²) in [5.74, 6) is 1.72. The molecule has 1 aromatic heterocycles. The smallest absolute Gasteiger partial charge is 0.319 e. The largest absolute Gasteiger partial charge is 0.371 e. The summed E-state index contributed by atoms with van der Waals surface area (Å²) < 4.78 is 26.7. The molecule has 9 nitrogen and oxygen atoms in total. The van der Waals surface area contributed by atoms with E-state index in [0.29, 0.717) is 23.8 Å². The van der Waals surface area contributed by atoms with Crippen molar-refractivity contribution in [3.05, 3.63) is 35.5 Å². The molecule has 3 aliphatic rings. The molecule has 2 unspecified atom stereocenters. The SMILES string of the molecule is CCNC(=O)Nc1ccc(-c2nc3c(c(N4CC5CCC(C4)O5)n2)CS(O)(O)C3)cc1. The van der Waals surface area contributed by atoms with E-state index < -0.39 is 10.6 Å². The molecule has 2 amide bonds. The van der Waals surface area contributed by atoms with Crippen LogP contribution in [0.15, 0.2) is 24.3 Å². The summed E-state index contributed by atoms with van der Waals surface area (Å²) in [5, 5.41) is 5.47. The van der Waals surface area contributed by atoms with E-state index in [2.05, 4.69) is 20.5 Å². The Bertz CT molecular complexity index is 988. The number of ether oxygens (including phenoxy) is 1. The molecule has 4 N–H and O–H groups in total. The van der Waals surface area contributed by atoms with Crippen molar-refractivity contribution in [2.24, 2.45) is 0 Å². The Morgan fingerprint density at radius 1 is 1.16 bits per heavy atom. The van der Waals surface area contributed by atoms with Gasteiger partial charge in [0.2, 0.25) is 0 Å². The van der Waals surface area contributed by atoms with Gasteiger partial charge in [0.05, 0.1) is 29.4 Å². The van der Waals surface area contributed by atoms with E-state index in [1.807, 2.05) is 31.2 Å². The number of rotatable bonds is 4. The van der Waals surface area contributed by atoms with Gasteiger partial charge in [-0.3, -0.25) is 9.11 Å². The Morgan fingerprint density at radius 3 is 2.55 bits per heavy atom. The standard InChI is InChI=1S/C21H27N5O4S/c1-2-22-21(27)23-14-5-3-13(4-6-14)19-24-18-12-31(28,29)11-17(18)20(25-19)26-9-15-7-8-16(10-26)30-15/h3-6,15-16,28-29H,2,7-12H2,1H3,(H2,22,23,27). The van der Waals surface area contributed by atoms with Crippen molar-refractivity contribution < 1.29 is 18.6 Å². The Morgan fingerprint density at radius 2 is 1.87 bits per heavy atom. The van der Waals surface area contributed by atoms with E-state index in [1.54, 1.807) is 0 Å². The predicted octanol–water partition coefficient (Wildman–Crippen LogP) is 3.42. The Hall–Kier alpha value is -2.40. The van der Waals surface area contributed by atoms with E-state index in [0.717, 1.165) is 42.9 Å². The minimum atomic E-state index is -2.72.